The first kappa shape index (κ1) is 15.5. The van der Waals surface area contributed by atoms with Crippen LogP contribution in [0.4, 0.5) is 10.1 Å². The van der Waals surface area contributed by atoms with Crippen LogP contribution in [-0.4, -0.2) is 37.1 Å². The summed E-state index contributed by atoms with van der Waals surface area (Å²) in [6.07, 6.45) is 1.83. The third-order valence-electron chi connectivity index (χ3n) is 3.39. The Kier molecular flexibility index (Phi) is 5.64. The molecule has 0 saturated carbocycles. The number of halogens is 3. The van der Waals surface area contributed by atoms with Crippen molar-refractivity contribution in [1.29, 1.82) is 0 Å². The van der Waals surface area contributed by atoms with E-state index < -0.39 is 0 Å². The minimum atomic E-state index is -0.321. The van der Waals surface area contributed by atoms with E-state index in [9.17, 15) is 9.18 Å². The van der Waals surface area contributed by atoms with Gasteiger partial charge in [-0.05, 0) is 37.6 Å². The molecule has 0 radical (unpaired) electrons. The van der Waals surface area contributed by atoms with Gasteiger partial charge in [-0.25, -0.2) is 0 Å². The van der Waals surface area contributed by atoms with Gasteiger partial charge in [-0.3, -0.25) is 14.1 Å². The Bertz CT molecular complexity index is 484. The Balaban J connectivity index is 1.90. The molecule has 1 fully saturated rings. The van der Waals surface area contributed by atoms with Gasteiger partial charge in [0.1, 0.15) is 0 Å². The predicted octanol–water partition coefficient (Wildman–Crippen LogP) is 3.61. The van der Waals surface area contributed by atoms with Crippen LogP contribution in [0, 0.1) is 5.92 Å². The van der Waals surface area contributed by atoms with Crippen LogP contribution in [0.3, 0.4) is 0 Å². The van der Waals surface area contributed by atoms with E-state index in [-0.39, 0.29) is 25.0 Å². The first-order chi connectivity index (χ1) is 9.58. The second kappa shape index (κ2) is 7.25. The van der Waals surface area contributed by atoms with Crippen molar-refractivity contribution < 1.29 is 9.18 Å². The summed E-state index contributed by atoms with van der Waals surface area (Å²) in [5.74, 6) is -0.111. The second-order valence-electron chi connectivity index (χ2n) is 5.07. The van der Waals surface area contributed by atoms with Crippen molar-refractivity contribution in [3.63, 3.8) is 0 Å². The molecule has 1 aliphatic rings. The summed E-state index contributed by atoms with van der Waals surface area (Å²) in [7, 11) is 0. The molecule has 110 valence electrons. The molecule has 1 aliphatic heterocycles. The smallest absolute Gasteiger partial charge is 0.238 e. The topological polar surface area (TPSA) is 32.3 Å². The minimum Gasteiger partial charge on any atom is -0.324 e. The lowest BCUT2D eigenvalue weighted by atomic mass is 9.99. The fraction of sp³-hybridized carbons (Fsp3) is 0.500. The maximum Gasteiger partial charge on any atom is 0.238 e. The molecule has 1 aromatic rings. The SMILES string of the molecule is O=C(CN1CCCC(CF)C1)Nc1cc(Cl)ccc1Cl. The summed E-state index contributed by atoms with van der Waals surface area (Å²) in [6, 6.07) is 4.91. The molecule has 0 aromatic heterocycles. The molecule has 6 heteroatoms. The van der Waals surface area contributed by atoms with E-state index in [2.05, 4.69) is 5.32 Å². The van der Waals surface area contributed by atoms with E-state index in [1.165, 1.54) is 0 Å². The zero-order valence-electron chi connectivity index (χ0n) is 11.0. The minimum absolute atomic E-state index is 0.0475. The second-order valence-corrected chi connectivity index (χ2v) is 5.91. The highest BCUT2D eigenvalue weighted by atomic mass is 35.5. The van der Waals surface area contributed by atoms with E-state index in [0.717, 1.165) is 19.4 Å². The number of likely N-dealkylation sites (tertiary alicyclic amines) is 1. The molecule has 20 heavy (non-hydrogen) atoms. The Hall–Kier alpha value is -0.840. The predicted molar refractivity (Wildman–Crippen MR) is 80.2 cm³/mol. The van der Waals surface area contributed by atoms with Crippen LogP contribution in [0.2, 0.25) is 10.0 Å². The molecule has 1 aromatic carbocycles. The number of hydrogen-bond donors (Lipinski definition) is 1. The lowest BCUT2D eigenvalue weighted by Crippen LogP contribution is -2.41. The zero-order valence-corrected chi connectivity index (χ0v) is 12.6. The van der Waals surface area contributed by atoms with Gasteiger partial charge >= 0.3 is 0 Å². The highest BCUT2D eigenvalue weighted by Gasteiger charge is 2.21. The molecule has 0 bridgehead atoms. The quantitative estimate of drug-likeness (QED) is 0.919. The molecule has 1 atom stereocenters. The van der Waals surface area contributed by atoms with E-state index in [0.29, 0.717) is 22.3 Å². The number of carbonyl (C=O) groups is 1. The summed E-state index contributed by atoms with van der Waals surface area (Å²) in [6.45, 7) is 1.39. The standard InChI is InChI=1S/C14H17Cl2FN2O/c15-11-3-4-12(16)13(6-11)18-14(20)9-19-5-1-2-10(7-17)8-19/h3-4,6,10H,1-2,5,7-9H2,(H,18,20). The number of carbonyl (C=O) groups excluding carboxylic acids is 1. The van der Waals surface area contributed by atoms with Gasteiger partial charge in [-0.15, -0.1) is 0 Å². The number of nitrogens with one attached hydrogen (secondary N) is 1. The average Bonchev–Trinajstić information content (AvgIpc) is 2.43. The highest BCUT2D eigenvalue weighted by molar-refractivity contribution is 6.35. The van der Waals surface area contributed by atoms with Crippen molar-refractivity contribution in [3.8, 4) is 0 Å². The van der Waals surface area contributed by atoms with Crippen LogP contribution in [0.15, 0.2) is 18.2 Å². The van der Waals surface area contributed by atoms with Crippen LogP contribution in [0.25, 0.3) is 0 Å². The van der Waals surface area contributed by atoms with Gasteiger partial charge in [0.25, 0.3) is 0 Å². The molecule has 3 nitrogen and oxygen atoms in total. The van der Waals surface area contributed by atoms with Gasteiger partial charge in [0, 0.05) is 17.5 Å². The van der Waals surface area contributed by atoms with Gasteiger partial charge in [0.2, 0.25) is 5.91 Å². The summed E-state index contributed by atoms with van der Waals surface area (Å²) in [5, 5.41) is 3.70. The lowest BCUT2D eigenvalue weighted by Gasteiger charge is -2.30. The lowest BCUT2D eigenvalue weighted by molar-refractivity contribution is -0.117. The number of benzene rings is 1. The number of rotatable bonds is 4. The number of nitrogens with zero attached hydrogens (tertiary/aromatic N) is 1. The van der Waals surface area contributed by atoms with Crippen molar-refractivity contribution in [2.45, 2.75) is 12.8 Å². The number of anilines is 1. The molecule has 0 aliphatic carbocycles. The van der Waals surface area contributed by atoms with Gasteiger partial charge in [-0.1, -0.05) is 23.2 Å². The van der Waals surface area contributed by atoms with Crippen LogP contribution >= 0.6 is 23.2 Å². The number of piperidine rings is 1. The molecule has 2 rings (SSSR count). The van der Waals surface area contributed by atoms with E-state index in [4.69, 9.17) is 23.2 Å². The molecule has 1 unspecified atom stereocenters. The fourth-order valence-corrected chi connectivity index (χ4v) is 2.74. The van der Waals surface area contributed by atoms with Crippen molar-refractivity contribution in [2.24, 2.45) is 5.92 Å². The maximum atomic E-state index is 12.7. The molecule has 1 amide bonds. The Morgan fingerprint density at radius 1 is 1.45 bits per heavy atom. The Morgan fingerprint density at radius 3 is 3.00 bits per heavy atom. The summed E-state index contributed by atoms with van der Waals surface area (Å²) < 4.78 is 12.7. The van der Waals surface area contributed by atoms with Crippen LogP contribution in [-0.2, 0) is 4.79 Å². The van der Waals surface area contributed by atoms with E-state index >= 15 is 0 Å². The Morgan fingerprint density at radius 2 is 2.25 bits per heavy atom. The number of alkyl halides is 1. The monoisotopic (exact) mass is 318 g/mol. The largest absolute Gasteiger partial charge is 0.324 e. The van der Waals surface area contributed by atoms with Gasteiger partial charge in [0.15, 0.2) is 0 Å². The number of amides is 1. The molecule has 1 saturated heterocycles. The highest BCUT2D eigenvalue weighted by Crippen LogP contribution is 2.25. The van der Waals surface area contributed by atoms with Crippen LogP contribution in [0.5, 0.6) is 0 Å². The third-order valence-corrected chi connectivity index (χ3v) is 3.96. The average molecular weight is 319 g/mol. The summed E-state index contributed by atoms with van der Waals surface area (Å²) >= 11 is 11.9. The van der Waals surface area contributed by atoms with Crippen molar-refractivity contribution >= 4 is 34.8 Å². The number of hydrogen-bond acceptors (Lipinski definition) is 2. The van der Waals surface area contributed by atoms with E-state index in [1.807, 2.05) is 4.90 Å². The zero-order chi connectivity index (χ0) is 14.5. The summed E-state index contributed by atoms with van der Waals surface area (Å²) in [5.41, 5.74) is 0.503. The van der Waals surface area contributed by atoms with Crippen LogP contribution < -0.4 is 5.32 Å². The first-order valence-corrected chi connectivity index (χ1v) is 7.37. The first-order valence-electron chi connectivity index (χ1n) is 6.61. The third kappa shape index (κ3) is 4.33. The summed E-state index contributed by atoms with van der Waals surface area (Å²) in [4.78, 5) is 14.0. The van der Waals surface area contributed by atoms with Gasteiger partial charge < -0.3 is 5.32 Å². The normalized spacial score (nSPS) is 19.9. The molecular weight excluding hydrogens is 302 g/mol. The van der Waals surface area contributed by atoms with Crippen molar-refractivity contribution in [1.82, 2.24) is 4.90 Å². The van der Waals surface area contributed by atoms with Crippen LogP contribution in [0.1, 0.15) is 12.8 Å². The molecule has 1 heterocycles. The Labute approximate surface area is 128 Å². The maximum absolute atomic E-state index is 12.7. The van der Waals surface area contributed by atoms with Crippen molar-refractivity contribution in [2.75, 3.05) is 31.6 Å². The molecule has 0 spiro atoms. The molecular formula is C14H17Cl2FN2O. The van der Waals surface area contributed by atoms with Gasteiger partial charge in [0.05, 0.1) is 23.9 Å². The fourth-order valence-electron chi connectivity index (χ4n) is 2.41. The van der Waals surface area contributed by atoms with Crippen molar-refractivity contribution in [3.05, 3.63) is 28.2 Å². The molecule has 1 N–H and O–H groups in total. The van der Waals surface area contributed by atoms with Gasteiger partial charge in [-0.2, -0.15) is 0 Å². The van der Waals surface area contributed by atoms with E-state index in [1.54, 1.807) is 18.2 Å².